The number of hydrogen-bond acceptors (Lipinski definition) is 1. The van der Waals surface area contributed by atoms with E-state index in [4.69, 9.17) is 0 Å². The van der Waals surface area contributed by atoms with Crippen LogP contribution in [0.3, 0.4) is 0 Å². The summed E-state index contributed by atoms with van der Waals surface area (Å²) in [6.07, 6.45) is 2.07. The van der Waals surface area contributed by atoms with Crippen LogP contribution in [0.1, 0.15) is 43.5 Å². The zero-order valence-electron chi connectivity index (χ0n) is 11.5. The van der Waals surface area contributed by atoms with Gasteiger partial charge in [-0.2, -0.15) is 0 Å². The minimum atomic E-state index is -2.26. The van der Waals surface area contributed by atoms with Gasteiger partial charge in [0.15, 0.2) is 23.3 Å². The molecule has 2 rings (SSSR count). The van der Waals surface area contributed by atoms with E-state index in [1.807, 2.05) is 0 Å². The van der Waals surface area contributed by atoms with E-state index in [-0.39, 0.29) is 12.1 Å². The molecule has 0 aromatic heterocycles. The Morgan fingerprint density at radius 2 is 1.24 bits per heavy atom. The van der Waals surface area contributed by atoms with Crippen LogP contribution in [-0.4, -0.2) is 22.9 Å². The highest BCUT2D eigenvalue weighted by atomic mass is 19.2. The first-order valence-electron chi connectivity index (χ1n) is 6.61. The molecule has 1 fully saturated rings. The van der Waals surface area contributed by atoms with Crippen molar-refractivity contribution in [1.29, 1.82) is 0 Å². The summed E-state index contributed by atoms with van der Waals surface area (Å²) in [6, 6.07) is -0.646. The maximum Gasteiger partial charge on any atom is 0.260 e. The Kier molecular flexibility index (Phi) is 4.20. The summed E-state index contributed by atoms with van der Waals surface area (Å²) in [7, 11) is 0. The molecule has 0 spiro atoms. The van der Waals surface area contributed by atoms with Crippen molar-refractivity contribution in [1.82, 2.24) is 4.90 Å². The first-order valence-corrected chi connectivity index (χ1v) is 6.61. The number of hydrogen-bond donors (Lipinski definition) is 0. The topological polar surface area (TPSA) is 20.3 Å². The van der Waals surface area contributed by atoms with Crippen LogP contribution in [0.2, 0.25) is 0 Å². The smallest absolute Gasteiger partial charge is 0.260 e. The van der Waals surface area contributed by atoms with Gasteiger partial charge in [0.25, 0.3) is 5.91 Å². The van der Waals surface area contributed by atoms with E-state index in [2.05, 4.69) is 0 Å². The van der Waals surface area contributed by atoms with Gasteiger partial charge in [-0.15, -0.1) is 0 Å². The van der Waals surface area contributed by atoms with Crippen molar-refractivity contribution in [3.8, 4) is 0 Å². The molecule has 0 bridgehead atoms. The third-order valence-corrected chi connectivity index (χ3v) is 3.85. The van der Waals surface area contributed by atoms with Crippen LogP contribution in [0.5, 0.6) is 0 Å². The van der Waals surface area contributed by atoms with Gasteiger partial charge in [-0.25, -0.2) is 22.0 Å². The number of rotatable bonds is 1. The third kappa shape index (κ3) is 2.49. The first-order chi connectivity index (χ1) is 9.77. The molecule has 2 unspecified atom stereocenters. The highest BCUT2D eigenvalue weighted by molar-refractivity contribution is 5.95. The van der Waals surface area contributed by atoms with Gasteiger partial charge in [0.05, 0.1) is 0 Å². The van der Waals surface area contributed by atoms with Gasteiger partial charge in [-0.05, 0) is 33.1 Å². The van der Waals surface area contributed by atoms with Crippen molar-refractivity contribution in [2.24, 2.45) is 0 Å². The Morgan fingerprint density at radius 1 is 0.857 bits per heavy atom. The molecular formula is C14H14F5NO. The second-order valence-electron chi connectivity index (χ2n) is 5.29. The lowest BCUT2D eigenvalue weighted by atomic mass is 9.96. The molecule has 7 heteroatoms. The Morgan fingerprint density at radius 3 is 1.67 bits per heavy atom. The lowest BCUT2D eigenvalue weighted by Gasteiger charge is -2.39. The highest BCUT2D eigenvalue weighted by Gasteiger charge is 2.36. The number of nitrogens with zero attached hydrogens (tertiary/aromatic N) is 1. The van der Waals surface area contributed by atoms with E-state index in [1.165, 1.54) is 4.90 Å². The molecule has 1 amide bonds. The Bertz CT molecular complexity index is 550. The summed E-state index contributed by atoms with van der Waals surface area (Å²) in [5.74, 6) is -11.8. The lowest BCUT2D eigenvalue weighted by Crippen LogP contribution is -2.48. The number of likely N-dealkylation sites (tertiary alicyclic amines) is 1. The van der Waals surface area contributed by atoms with Gasteiger partial charge in [0.1, 0.15) is 5.56 Å². The Hall–Kier alpha value is -1.66. The van der Waals surface area contributed by atoms with E-state index in [9.17, 15) is 26.7 Å². The molecule has 1 aliphatic rings. The number of halogens is 5. The highest BCUT2D eigenvalue weighted by Crippen LogP contribution is 2.29. The normalized spacial score (nSPS) is 22.5. The number of piperidine rings is 1. The zero-order chi connectivity index (χ0) is 15.9. The summed E-state index contributed by atoms with van der Waals surface area (Å²) >= 11 is 0. The Balaban J connectivity index is 2.53. The van der Waals surface area contributed by atoms with Crippen molar-refractivity contribution in [3.63, 3.8) is 0 Å². The van der Waals surface area contributed by atoms with Crippen LogP contribution >= 0.6 is 0 Å². The summed E-state index contributed by atoms with van der Waals surface area (Å²) in [5, 5.41) is 0. The van der Waals surface area contributed by atoms with Gasteiger partial charge >= 0.3 is 0 Å². The minimum Gasteiger partial charge on any atom is -0.333 e. The number of benzene rings is 1. The van der Waals surface area contributed by atoms with Crippen LogP contribution in [0.25, 0.3) is 0 Å². The van der Waals surface area contributed by atoms with E-state index in [1.54, 1.807) is 13.8 Å². The monoisotopic (exact) mass is 307 g/mol. The van der Waals surface area contributed by atoms with Gasteiger partial charge in [0.2, 0.25) is 5.82 Å². The number of amides is 1. The Labute approximate surface area is 118 Å². The molecule has 1 saturated heterocycles. The van der Waals surface area contributed by atoms with Crippen molar-refractivity contribution in [2.75, 3.05) is 0 Å². The molecule has 1 aromatic carbocycles. The van der Waals surface area contributed by atoms with Crippen LogP contribution in [0.15, 0.2) is 0 Å². The van der Waals surface area contributed by atoms with Crippen molar-refractivity contribution < 1.29 is 26.7 Å². The predicted molar refractivity (Wildman–Crippen MR) is 65.2 cm³/mol. The fraction of sp³-hybridized carbons (Fsp3) is 0.500. The maximum atomic E-state index is 13.7. The molecule has 116 valence electrons. The summed E-state index contributed by atoms with van der Waals surface area (Å²) in [5.41, 5.74) is -1.38. The number of carbonyl (C=O) groups excluding carboxylic acids is 1. The predicted octanol–water partition coefficient (Wildman–Crippen LogP) is 3.79. The van der Waals surface area contributed by atoms with Gasteiger partial charge in [-0.1, -0.05) is 0 Å². The average Bonchev–Trinajstić information content (AvgIpc) is 2.43. The SMILES string of the molecule is CC1CCCC(C)N1C(=O)c1c(F)c(F)c(F)c(F)c1F. The molecule has 0 aliphatic carbocycles. The average molecular weight is 307 g/mol. The molecule has 1 aliphatic heterocycles. The second kappa shape index (κ2) is 5.61. The third-order valence-electron chi connectivity index (χ3n) is 3.85. The van der Waals surface area contributed by atoms with Crippen molar-refractivity contribution in [3.05, 3.63) is 34.6 Å². The largest absolute Gasteiger partial charge is 0.333 e. The molecule has 0 N–H and O–H groups in total. The van der Waals surface area contributed by atoms with Gasteiger partial charge in [0, 0.05) is 12.1 Å². The fourth-order valence-corrected chi connectivity index (χ4v) is 2.74. The molecule has 1 aromatic rings. The molecular weight excluding hydrogens is 293 g/mol. The first kappa shape index (κ1) is 15.7. The second-order valence-corrected chi connectivity index (χ2v) is 5.29. The molecule has 21 heavy (non-hydrogen) atoms. The molecule has 1 heterocycles. The van der Waals surface area contributed by atoms with Gasteiger partial charge in [-0.3, -0.25) is 4.79 Å². The molecule has 0 radical (unpaired) electrons. The summed E-state index contributed by atoms with van der Waals surface area (Å²) in [4.78, 5) is 13.5. The summed E-state index contributed by atoms with van der Waals surface area (Å²) in [6.45, 7) is 3.36. The van der Waals surface area contributed by atoms with Crippen LogP contribution < -0.4 is 0 Å². The maximum absolute atomic E-state index is 13.7. The van der Waals surface area contributed by atoms with E-state index in [0.29, 0.717) is 12.8 Å². The van der Waals surface area contributed by atoms with Gasteiger partial charge < -0.3 is 4.90 Å². The summed E-state index contributed by atoms with van der Waals surface area (Å²) < 4.78 is 66.8. The van der Waals surface area contributed by atoms with E-state index >= 15 is 0 Å². The minimum absolute atomic E-state index is 0.323. The standard InChI is InChI=1S/C14H14F5NO/c1-6-4-3-5-7(2)20(6)14(21)8-9(15)11(17)13(19)12(18)10(8)16/h6-7H,3-5H2,1-2H3. The fourth-order valence-electron chi connectivity index (χ4n) is 2.74. The van der Waals surface area contributed by atoms with Crippen molar-refractivity contribution in [2.45, 2.75) is 45.2 Å². The number of carbonyl (C=O) groups is 1. The zero-order valence-corrected chi connectivity index (χ0v) is 11.5. The van der Waals surface area contributed by atoms with Crippen LogP contribution in [0.4, 0.5) is 22.0 Å². The van der Waals surface area contributed by atoms with Crippen LogP contribution in [0, 0.1) is 29.1 Å². The quantitative estimate of drug-likeness (QED) is 0.439. The van der Waals surface area contributed by atoms with E-state index < -0.39 is 40.6 Å². The molecule has 2 atom stereocenters. The van der Waals surface area contributed by atoms with Crippen molar-refractivity contribution >= 4 is 5.91 Å². The molecule has 0 saturated carbocycles. The molecule has 2 nitrogen and oxygen atoms in total. The van der Waals surface area contributed by atoms with Crippen LogP contribution in [-0.2, 0) is 0 Å². The van der Waals surface area contributed by atoms with E-state index in [0.717, 1.165) is 6.42 Å². The lowest BCUT2D eigenvalue weighted by molar-refractivity contribution is 0.0497.